The number of fused-ring (bicyclic) bond motifs is 1. The molecule has 0 saturated heterocycles. The minimum Gasteiger partial charge on any atom is -0.489 e. The van der Waals surface area contributed by atoms with E-state index in [4.69, 9.17) is 4.74 Å². The number of benzene rings is 1. The topological polar surface area (TPSA) is 12.5 Å². The molecule has 0 atom stereocenters. The standard InChI is InChI=1S/C11H13NO/c1-12(2)10-6-5-9-4-3-7-13-11(9)8-10/h3-6,8H,7H2,1-2H3. The molecule has 0 unspecified atom stereocenters. The highest BCUT2D eigenvalue weighted by Crippen LogP contribution is 2.27. The summed E-state index contributed by atoms with van der Waals surface area (Å²) in [6.07, 6.45) is 4.12. The van der Waals surface area contributed by atoms with Crippen molar-refractivity contribution in [2.24, 2.45) is 0 Å². The van der Waals surface area contributed by atoms with Crippen LogP contribution in [0.25, 0.3) is 6.08 Å². The lowest BCUT2D eigenvalue weighted by Crippen LogP contribution is -2.09. The molecule has 0 spiro atoms. The molecular formula is C11H13NO. The number of ether oxygens (including phenoxy) is 1. The average Bonchev–Trinajstić information content (AvgIpc) is 2.17. The summed E-state index contributed by atoms with van der Waals surface area (Å²) >= 11 is 0. The molecule has 1 aliphatic rings. The van der Waals surface area contributed by atoms with E-state index in [0.29, 0.717) is 6.61 Å². The predicted molar refractivity (Wildman–Crippen MR) is 55.3 cm³/mol. The fraction of sp³-hybridized carbons (Fsp3) is 0.273. The lowest BCUT2D eigenvalue weighted by molar-refractivity contribution is 0.358. The van der Waals surface area contributed by atoms with Gasteiger partial charge in [0.25, 0.3) is 0 Å². The Kier molecular flexibility index (Phi) is 1.97. The van der Waals surface area contributed by atoms with Crippen molar-refractivity contribution >= 4 is 11.8 Å². The van der Waals surface area contributed by atoms with Crippen LogP contribution in [0.2, 0.25) is 0 Å². The molecule has 13 heavy (non-hydrogen) atoms. The van der Waals surface area contributed by atoms with Gasteiger partial charge in [0.2, 0.25) is 0 Å². The number of rotatable bonds is 1. The van der Waals surface area contributed by atoms with Gasteiger partial charge in [-0.15, -0.1) is 0 Å². The minimum atomic E-state index is 0.684. The Morgan fingerprint density at radius 2 is 2.15 bits per heavy atom. The molecule has 1 heterocycles. The Labute approximate surface area is 78.4 Å². The van der Waals surface area contributed by atoms with Gasteiger partial charge in [0.15, 0.2) is 0 Å². The highest BCUT2D eigenvalue weighted by Gasteiger charge is 2.06. The first-order valence-corrected chi connectivity index (χ1v) is 4.38. The van der Waals surface area contributed by atoms with Gasteiger partial charge in [-0.25, -0.2) is 0 Å². The number of nitrogens with zero attached hydrogens (tertiary/aromatic N) is 1. The molecule has 2 nitrogen and oxygen atoms in total. The molecule has 0 saturated carbocycles. The van der Waals surface area contributed by atoms with E-state index >= 15 is 0 Å². The maximum Gasteiger partial charge on any atom is 0.129 e. The van der Waals surface area contributed by atoms with Crippen LogP contribution in [0.15, 0.2) is 24.3 Å². The molecular weight excluding hydrogens is 162 g/mol. The van der Waals surface area contributed by atoms with Gasteiger partial charge in [-0.3, -0.25) is 0 Å². The molecule has 2 rings (SSSR count). The second kappa shape index (κ2) is 3.13. The Bertz CT molecular complexity index is 342. The highest BCUT2D eigenvalue weighted by molar-refractivity contribution is 5.64. The number of hydrogen-bond acceptors (Lipinski definition) is 2. The number of hydrogen-bond donors (Lipinski definition) is 0. The van der Waals surface area contributed by atoms with Crippen LogP contribution in [-0.2, 0) is 0 Å². The van der Waals surface area contributed by atoms with Crippen LogP contribution in [0.1, 0.15) is 5.56 Å². The van der Waals surface area contributed by atoms with Crippen molar-refractivity contribution in [3.63, 3.8) is 0 Å². The molecule has 1 aromatic carbocycles. The molecule has 0 aromatic heterocycles. The van der Waals surface area contributed by atoms with E-state index in [-0.39, 0.29) is 0 Å². The third-order valence-electron chi connectivity index (χ3n) is 2.15. The Balaban J connectivity index is 2.42. The molecule has 1 aromatic rings. The summed E-state index contributed by atoms with van der Waals surface area (Å²) in [4.78, 5) is 2.07. The zero-order chi connectivity index (χ0) is 9.26. The van der Waals surface area contributed by atoms with Crippen LogP contribution >= 0.6 is 0 Å². The monoisotopic (exact) mass is 175 g/mol. The van der Waals surface area contributed by atoms with E-state index in [1.807, 2.05) is 20.2 Å². The van der Waals surface area contributed by atoms with Crippen LogP contribution in [0.5, 0.6) is 5.75 Å². The molecule has 0 amide bonds. The van der Waals surface area contributed by atoms with Gasteiger partial charge in [0.05, 0.1) is 0 Å². The average molecular weight is 175 g/mol. The van der Waals surface area contributed by atoms with Crippen LogP contribution in [0, 0.1) is 0 Å². The second-order valence-electron chi connectivity index (χ2n) is 3.33. The van der Waals surface area contributed by atoms with Crippen LogP contribution < -0.4 is 9.64 Å². The maximum absolute atomic E-state index is 5.50. The van der Waals surface area contributed by atoms with E-state index in [0.717, 1.165) is 11.3 Å². The second-order valence-corrected chi connectivity index (χ2v) is 3.33. The van der Waals surface area contributed by atoms with Gasteiger partial charge in [-0.2, -0.15) is 0 Å². The summed E-state index contributed by atoms with van der Waals surface area (Å²) < 4.78 is 5.50. The van der Waals surface area contributed by atoms with E-state index < -0.39 is 0 Å². The normalized spacial score (nSPS) is 13.4. The molecule has 0 fully saturated rings. The third-order valence-corrected chi connectivity index (χ3v) is 2.15. The predicted octanol–water partition coefficient (Wildman–Crippen LogP) is 2.16. The SMILES string of the molecule is CN(C)c1ccc2c(c1)OCC=C2. The Morgan fingerprint density at radius 3 is 2.92 bits per heavy atom. The molecule has 0 radical (unpaired) electrons. The van der Waals surface area contributed by atoms with Gasteiger partial charge in [0.1, 0.15) is 12.4 Å². The molecule has 2 heteroatoms. The summed E-state index contributed by atoms with van der Waals surface area (Å²) in [7, 11) is 4.06. The quantitative estimate of drug-likeness (QED) is 0.648. The molecule has 0 N–H and O–H groups in total. The van der Waals surface area contributed by atoms with Crippen molar-refractivity contribution < 1.29 is 4.74 Å². The van der Waals surface area contributed by atoms with Crippen molar-refractivity contribution in [3.05, 3.63) is 29.8 Å². The highest BCUT2D eigenvalue weighted by atomic mass is 16.5. The Morgan fingerprint density at radius 1 is 1.31 bits per heavy atom. The van der Waals surface area contributed by atoms with Crippen molar-refractivity contribution in [1.29, 1.82) is 0 Å². The summed E-state index contributed by atoms with van der Waals surface area (Å²) in [5, 5.41) is 0. The van der Waals surface area contributed by atoms with Gasteiger partial charge in [0, 0.05) is 31.4 Å². The van der Waals surface area contributed by atoms with E-state index in [9.17, 15) is 0 Å². The number of anilines is 1. The first-order chi connectivity index (χ1) is 6.27. The van der Waals surface area contributed by atoms with Crippen molar-refractivity contribution in [2.75, 3.05) is 25.6 Å². The largest absolute Gasteiger partial charge is 0.489 e. The van der Waals surface area contributed by atoms with Gasteiger partial charge >= 0.3 is 0 Å². The van der Waals surface area contributed by atoms with Crippen LogP contribution in [0.4, 0.5) is 5.69 Å². The fourth-order valence-corrected chi connectivity index (χ4v) is 1.38. The minimum absolute atomic E-state index is 0.684. The zero-order valence-corrected chi connectivity index (χ0v) is 7.95. The maximum atomic E-state index is 5.50. The van der Waals surface area contributed by atoms with E-state index in [1.165, 1.54) is 5.69 Å². The lowest BCUT2D eigenvalue weighted by atomic mass is 10.1. The smallest absolute Gasteiger partial charge is 0.129 e. The summed E-state index contributed by atoms with van der Waals surface area (Å²) in [5.41, 5.74) is 2.34. The molecule has 0 bridgehead atoms. The Hall–Kier alpha value is -1.44. The van der Waals surface area contributed by atoms with Gasteiger partial charge in [-0.05, 0) is 18.2 Å². The van der Waals surface area contributed by atoms with Gasteiger partial charge in [-0.1, -0.05) is 6.08 Å². The van der Waals surface area contributed by atoms with Crippen molar-refractivity contribution in [3.8, 4) is 5.75 Å². The van der Waals surface area contributed by atoms with Crippen LogP contribution in [-0.4, -0.2) is 20.7 Å². The first kappa shape index (κ1) is 8.17. The van der Waals surface area contributed by atoms with E-state index in [2.05, 4.69) is 29.2 Å². The molecule has 1 aliphatic heterocycles. The summed E-state index contributed by atoms with van der Waals surface area (Å²) in [6, 6.07) is 6.25. The third kappa shape index (κ3) is 1.52. The van der Waals surface area contributed by atoms with Gasteiger partial charge < -0.3 is 9.64 Å². The lowest BCUT2D eigenvalue weighted by Gasteiger charge is -2.17. The molecule has 0 aliphatic carbocycles. The van der Waals surface area contributed by atoms with Crippen molar-refractivity contribution in [2.45, 2.75) is 0 Å². The zero-order valence-electron chi connectivity index (χ0n) is 7.95. The van der Waals surface area contributed by atoms with E-state index in [1.54, 1.807) is 0 Å². The van der Waals surface area contributed by atoms with Crippen LogP contribution in [0.3, 0.4) is 0 Å². The van der Waals surface area contributed by atoms with Crippen molar-refractivity contribution in [1.82, 2.24) is 0 Å². The summed E-state index contributed by atoms with van der Waals surface area (Å²) in [6.45, 7) is 0.684. The first-order valence-electron chi connectivity index (χ1n) is 4.38. The fourth-order valence-electron chi connectivity index (χ4n) is 1.38. The molecule has 68 valence electrons. The summed E-state index contributed by atoms with van der Waals surface area (Å²) in [5.74, 6) is 0.980.